The zero-order valence-electron chi connectivity index (χ0n) is 11.3. The van der Waals surface area contributed by atoms with Gasteiger partial charge in [-0.25, -0.2) is 13.4 Å². The second-order valence-corrected chi connectivity index (χ2v) is 8.69. The lowest BCUT2D eigenvalue weighted by molar-refractivity contribution is 0.601. The van der Waals surface area contributed by atoms with E-state index in [1.165, 1.54) is 22.6 Å². The number of halogens is 1. The van der Waals surface area contributed by atoms with Gasteiger partial charge in [0.2, 0.25) is 0 Å². The van der Waals surface area contributed by atoms with Crippen molar-refractivity contribution in [3.63, 3.8) is 0 Å². The Hall–Kier alpha value is -0.920. The first-order valence-corrected chi connectivity index (χ1v) is 9.91. The van der Waals surface area contributed by atoms with Crippen molar-refractivity contribution in [1.82, 2.24) is 4.98 Å². The number of nitrogens with zero attached hydrogens (tertiary/aromatic N) is 1. The molecule has 0 fully saturated rings. The average Bonchev–Trinajstić information content (AvgIpc) is 2.67. The lowest BCUT2D eigenvalue weighted by atomic mass is 10.2. The van der Waals surface area contributed by atoms with Crippen molar-refractivity contribution < 1.29 is 8.42 Å². The monoisotopic (exact) mass is 386 g/mol. The molecule has 0 atom stereocenters. The summed E-state index contributed by atoms with van der Waals surface area (Å²) in [5.74, 6) is 0. The number of thiazole rings is 1. The Balaban J connectivity index is 1.84. The molecule has 3 rings (SSSR count). The number of hydrogen-bond donors (Lipinski definition) is 1. The number of aryl methyl sites for hydroxylation is 2. The first-order valence-electron chi connectivity index (χ1n) is 6.81. The fourth-order valence-corrected chi connectivity index (χ4v) is 4.91. The SMILES string of the molecule is O=S(=O)(Nc1nc2c(s1)CCCCC2)c1ccc(Br)cc1. The van der Waals surface area contributed by atoms with E-state index in [0.29, 0.717) is 5.13 Å². The van der Waals surface area contributed by atoms with Crippen molar-refractivity contribution in [1.29, 1.82) is 0 Å². The number of aromatic nitrogens is 1. The van der Waals surface area contributed by atoms with Crippen LogP contribution in [0.1, 0.15) is 29.8 Å². The van der Waals surface area contributed by atoms with Crippen LogP contribution in [0, 0.1) is 0 Å². The van der Waals surface area contributed by atoms with Crippen LogP contribution in [0.15, 0.2) is 33.6 Å². The molecule has 0 aliphatic heterocycles. The van der Waals surface area contributed by atoms with Gasteiger partial charge in [-0.3, -0.25) is 4.72 Å². The van der Waals surface area contributed by atoms with Crippen LogP contribution in [0.3, 0.4) is 0 Å². The molecule has 0 unspecified atom stereocenters. The summed E-state index contributed by atoms with van der Waals surface area (Å²) in [5, 5.41) is 0.477. The lowest BCUT2D eigenvalue weighted by Gasteiger charge is -2.05. The Morgan fingerprint density at radius 2 is 1.81 bits per heavy atom. The van der Waals surface area contributed by atoms with E-state index < -0.39 is 10.0 Å². The van der Waals surface area contributed by atoms with E-state index in [0.717, 1.165) is 35.8 Å². The molecule has 1 aliphatic rings. The third kappa shape index (κ3) is 3.46. The van der Waals surface area contributed by atoms with Crippen molar-refractivity contribution in [2.75, 3.05) is 4.72 Å². The van der Waals surface area contributed by atoms with E-state index in [9.17, 15) is 8.42 Å². The number of sulfonamides is 1. The summed E-state index contributed by atoms with van der Waals surface area (Å²) in [4.78, 5) is 5.93. The number of hydrogen-bond acceptors (Lipinski definition) is 4. The number of fused-ring (bicyclic) bond motifs is 1. The average molecular weight is 387 g/mol. The van der Waals surface area contributed by atoms with Crippen LogP contribution >= 0.6 is 27.3 Å². The predicted molar refractivity (Wildman–Crippen MR) is 88.3 cm³/mol. The van der Waals surface area contributed by atoms with E-state index >= 15 is 0 Å². The smallest absolute Gasteiger partial charge is 0.255 e. The summed E-state index contributed by atoms with van der Waals surface area (Å²) in [6.45, 7) is 0. The molecule has 1 aromatic heterocycles. The Morgan fingerprint density at radius 3 is 2.57 bits per heavy atom. The molecule has 21 heavy (non-hydrogen) atoms. The maximum atomic E-state index is 12.3. The van der Waals surface area contributed by atoms with Gasteiger partial charge in [0.05, 0.1) is 10.6 Å². The van der Waals surface area contributed by atoms with Gasteiger partial charge < -0.3 is 0 Å². The molecule has 1 aromatic carbocycles. The van der Waals surface area contributed by atoms with Crippen molar-refractivity contribution in [2.24, 2.45) is 0 Å². The topological polar surface area (TPSA) is 59.1 Å². The summed E-state index contributed by atoms with van der Waals surface area (Å²) in [5.41, 5.74) is 1.06. The molecular formula is C14H15BrN2O2S2. The number of nitrogens with one attached hydrogen (secondary N) is 1. The van der Waals surface area contributed by atoms with Crippen LogP contribution < -0.4 is 4.72 Å². The highest BCUT2D eigenvalue weighted by Crippen LogP contribution is 2.30. The molecule has 0 bridgehead atoms. The van der Waals surface area contributed by atoms with Crippen molar-refractivity contribution in [3.8, 4) is 0 Å². The molecule has 1 heterocycles. The number of anilines is 1. The van der Waals surface area contributed by atoms with Gasteiger partial charge in [-0.05, 0) is 49.9 Å². The molecule has 112 valence electrons. The van der Waals surface area contributed by atoms with Gasteiger partial charge in [-0.15, -0.1) is 11.3 Å². The quantitative estimate of drug-likeness (QED) is 0.811. The minimum Gasteiger partial charge on any atom is -0.255 e. The Bertz CT molecular complexity index is 715. The van der Waals surface area contributed by atoms with Gasteiger partial charge in [0.1, 0.15) is 0 Å². The van der Waals surface area contributed by atoms with Crippen molar-refractivity contribution >= 4 is 42.4 Å². The molecule has 0 spiro atoms. The second kappa shape index (κ2) is 6.06. The maximum absolute atomic E-state index is 12.3. The summed E-state index contributed by atoms with van der Waals surface area (Å²) >= 11 is 4.76. The lowest BCUT2D eigenvalue weighted by Crippen LogP contribution is -2.12. The zero-order valence-corrected chi connectivity index (χ0v) is 14.5. The first-order chi connectivity index (χ1) is 10.0. The third-order valence-corrected chi connectivity index (χ3v) is 6.53. The van der Waals surface area contributed by atoms with Crippen molar-refractivity contribution in [3.05, 3.63) is 39.3 Å². The fourth-order valence-electron chi connectivity index (χ4n) is 2.36. The molecule has 4 nitrogen and oxygen atoms in total. The van der Waals surface area contributed by atoms with Crippen LogP contribution in [0.5, 0.6) is 0 Å². The fraction of sp³-hybridized carbons (Fsp3) is 0.357. The van der Waals surface area contributed by atoms with Gasteiger partial charge in [0, 0.05) is 9.35 Å². The van der Waals surface area contributed by atoms with Gasteiger partial charge in [-0.2, -0.15) is 0 Å². The van der Waals surface area contributed by atoms with Crippen LogP contribution in [-0.4, -0.2) is 13.4 Å². The van der Waals surface area contributed by atoms with E-state index in [4.69, 9.17) is 0 Å². The van der Waals surface area contributed by atoms with E-state index in [2.05, 4.69) is 25.6 Å². The van der Waals surface area contributed by atoms with Crippen molar-refractivity contribution in [2.45, 2.75) is 37.0 Å². The molecule has 0 radical (unpaired) electrons. The van der Waals surface area contributed by atoms with Gasteiger partial charge in [-0.1, -0.05) is 22.4 Å². The standard InChI is InChI=1S/C14H15BrN2O2S2/c15-10-6-8-11(9-7-10)21(18,19)17-14-16-12-4-2-1-3-5-13(12)20-14/h6-9H,1-5H2,(H,16,17). The third-order valence-electron chi connectivity index (χ3n) is 3.44. The molecule has 0 amide bonds. The molecule has 0 saturated carbocycles. The molecule has 0 saturated heterocycles. The first kappa shape index (κ1) is 15.0. The van der Waals surface area contributed by atoms with E-state index in [1.54, 1.807) is 24.3 Å². The van der Waals surface area contributed by atoms with Gasteiger partial charge in [0.15, 0.2) is 5.13 Å². The van der Waals surface area contributed by atoms with Gasteiger partial charge >= 0.3 is 0 Å². The molecule has 7 heteroatoms. The van der Waals surface area contributed by atoms with Crippen LogP contribution in [-0.2, 0) is 22.9 Å². The summed E-state index contributed by atoms with van der Waals surface area (Å²) in [7, 11) is -3.56. The largest absolute Gasteiger partial charge is 0.263 e. The minimum atomic E-state index is -3.56. The predicted octanol–water partition coefficient (Wildman–Crippen LogP) is 3.98. The number of rotatable bonds is 3. The zero-order chi connectivity index (χ0) is 14.9. The summed E-state index contributed by atoms with van der Waals surface area (Å²) in [6.07, 6.45) is 5.48. The highest BCUT2D eigenvalue weighted by atomic mass is 79.9. The summed E-state index contributed by atoms with van der Waals surface area (Å²) in [6, 6.07) is 6.58. The van der Waals surface area contributed by atoms with E-state index in [1.807, 2.05) is 0 Å². The number of benzene rings is 1. The normalized spacial score (nSPS) is 15.3. The van der Waals surface area contributed by atoms with Gasteiger partial charge in [0.25, 0.3) is 10.0 Å². The second-order valence-electron chi connectivity index (χ2n) is 5.01. The minimum absolute atomic E-state index is 0.246. The Morgan fingerprint density at radius 1 is 1.10 bits per heavy atom. The van der Waals surface area contributed by atoms with Crippen LogP contribution in [0.25, 0.3) is 0 Å². The van der Waals surface area contributed by atoms with E-state index in [-0.39, 0.29) is 4.90 Å². The maximum Gasteiger partial charge on any atom is 0.263 e. The highest BCUT2D eigenvalue weighted by Gasteiger charge is 2.19. The molecule has 2 aromatic rings. The molecule has 1 N–H and O–H groups in total. The summed E-state index contributed by atoms with van der Waals surface area (Å²) < 4.78 is 28.1. The Kier molecular flexibility index (Phi) is 4.33. The Labute approximate surface area is 136 Å². The van der Waals surface area contributed by atoms with Crippen LogP contribution in [0.4, 0.5) is 5.13 Å². The molecular weight excluding hydrogens is 372 g/mol. The van der Waals surface area contributed by atoms with Crippen LogP contribution in [0.2, 0.25) is 0 Å². The molecule has 1 aliphatic carbocycles. The highest BCUT2D eigenvalue weighted by molar-refractivity contribution is 9.10.